The highest BCUT2D eigenvalue weighted by molar-refractivity contribution is 6.83. The summed E-state index contributed by atoms with van der Waals surface area (Å²) in [7, 11) is -1.70. The number of hydrogen-bond donors (Lipinski definition) is 1. The van der Waals surface area contributed by atoms with Gasteiger partial charge in [0.2, 0.25) is 5.75 Å². The third-order valence-electron chi connectivity index (χ3n) is 5.97. The van der Waals surface area contributed by atoms with Crippen LogP contribution in [0.15, 0.2) is 53.3 Å². The molecule has 1 aliphatic heterocycles. The second kappa shape index (κ2) is 10.9. The number of carbonyl (C=O) groups excluding carboxylic acids is 1. The van der Waals surface area contributed by atoms with Gasteiger partial charge in [-0.25, -0.2) is 9.37 Å². The normalized spacial score (nSPS) is 14.2. The molecule has 1 amide bonds. The topological polar surface area (TPSA) is 82.5 Å². The number of amides is 1. The van der Waals surface area contributed by atoms with E-state index >= 15 is 0 Å². The molecular formula is C29H32FN3O4Si. The Labute approximate surface area is 223 Å². The van der Waals surface area contributed by atoms with Crippen LogP contribution in [0, 0.1) is 17.3 Å². The van der Waals surface area contributed by atoms with E-state index in [2.05, 4.69) is 41.4 Å². The van der Waals surface area contributed by atoms with Gasteiger partial charge in [0.05, 0.1) is 13.2 Å². The lowest BCUT2D eigenvalue weighted by Gasteiger charge is -2.32. The zero-order valence-electron chi connectivity index (χ0n) is 22.4. The van der Waals surface area contributed by atoms with Gasteiger partial charge in [-0.15, -0.1) is 5.54 Å². The smallest absolute Gasteiger partial charge is 0.296 e. The number of fused-ring (bicyclic) bond motifs is 1. The summed E-state index contributed by atoms with van der Waals surface area (Å²) < 4.78 is 27.2. The van der Waals surface area contributed by atoms with Gasteiger partial charge in [0.25, 0.3) is 11.5 Å². The molecule has 0 atom stereocenters. The molecule has 9 heteroatoms. The number of ether oxygens (including phenoxy) is 2. The number of nitrogens with one attached hydrogen (secondary N) is 1. The fourth-order valence-electron chi connectivity index (χ4n) is 4.01. The van der Waals surface area contributed by atoms with Crippen LogP contribution in [0.25, 0.3) is 0 Å². The zero-order chi connectivity index (χ0) is 27.5. The van der Waals surface area contributed by atoms with Gasteiger partial charge < -0.3 is 14.8 Å². The summed E-state index contributed by atoms with van der Waals surface area (Å²) >= 11 is 0. The summed E-state index contributed by atoms with van der Waals surface area (Å²) in [5.41, 5.74) is 3.85. The van der Waals surface area contributed by atoms with E-state index in [0.29, 0.717) is 30.1 Å². The minimum atomic E-state index is -1.70. The molecule has 7 nitrogen and oxygen atoms in total. The molecule has 4 rings (SSSR count). The number of aromatic nitrogens is 2. The molecule has 0 saturated heterocycles. The van der Waals surface area contributed by atoms with Crippen molar-refractivity contribution in [2.45, 2.75) is 58.8 Å². The van der Waals surface area contributed by atoms with E-state index in [9.17, 15) is 14.0 Å². The highest BCUT2D eigenvalue weighted by atomic mass is 28.3. The Kier molecular flexibility index (Phi) is 7.85. The fraction of sp³-hybridized carbons (Fsp3) is 0.345. The van der Waals surface area contributed by atoms with Crippen molar-refractivity contribution in [3.8, 4) is 17.2 Å². The summed E-state index contributed by atoms with van der Waals surface area (Å²) in [6.07, 6.45) is 0. The Morgan fingerprint density at radius 2 is 1.95 bits per heavy atom. The lowest BCUT2D eigenvalue weighted by Crippen LogP contribution is -2.43. The fourth-order valence-corrected chi connectivity index (χ4v) is 4.52. The van der Waals surface area contributed by atoms with Crippen LogP contribution in [0.2, 0.25) is 19.6 Å². The quantitative estimate of drug-likeness (QED) is 0.376. The van der Waals surface area contributed by atoms with E-state index in [1.807, 2.05) is 30.3 Å². The van der Waals surface area contributed by atoms with Gasteiger partial charge in [0.15, 0.2) is 5.69 Å². The molecule has 0 spiro atoms. The average molecular weight is 534 g/mol. The lowest BCUT2D eigenvalue weighted by atomic mass is 10.1. The number of halogens is 1. The molecule has 0 fully saturated rings. The standard InChI is InChI=1S/C29H32FN3O4Si/c1-29(2)28-32-24(25(27(35)33(28)14-15-37-29)36-19-20-9-7-6-8-10-20)26(34)31-18-22-11-12-23(30)17-21(22)13-16-38(3,4)5/h6-12,17H,14-15,18-19H2,1-5H3,(H,31,34). The molecule has 198 valence electrons. The van der Waals surface area contributed by atoms with Crippen molar-refractivity contribution in [2.75, 3.05) is 6.61 Å². The Bertz CT molecular complexity index is 1470. The minimum absolute atomic E-state index is 0.0763. The third-order valence-corrected chi connectivity index (χ3v) is 6.84. The minimum Gasteiger partial charge on any atom is -0.481 e. The zero-order valence-corrected chi connectivity index (χ0v) is 23.4. The van der Waals surface area contributed by atoms with Crippen LogP contribution in [0.5, 0.6) is 5.75 Å². The number of benzene rings is 2. The molecule has 0 aliphatic carbocycles. The van der Waals surface area contributed by atoms with Gasteiger partial charge in [-0.3, -0.25) is 14.2 Å². The molecule has 2 aromatic carbocycles. The van der Waals surface area contributed by atoms with Gasteiger partial charge in [0, 0.05) is 12.1 Å². The summed E-state index contributed by atoms with van der Waals surface area (Å²) in [5.74, 6) is 2.33. The first-order valence-electron chi connectivity index (χ1n) is 12.5. The van der Waals surface area contributed by atoms with E-state index in [0.717, 1.165) is 5.56 Å². The van der Waals surface area contributed by atoms with Crippen molar-refractivity contribution in [1.82, 2.24) is 14.9 Å². The molecule has 0 unspecified atom stereocenters. The molecule has 38 heavy (non-hydrogen) atoms. The van der Waals surface area contributed by atoms with Gasteiger partial charge in [-0.05, 0) is 37.1 Å². The van der Waals surface area contributed by atoms with Gasteiger partial charge >= 0.3 is 0 Å². The number of rotatable bonds is 6. The summed E-state index contributed by atoms with van der Waals surface area (Å²) in [4.78, 5) is 31.5. The first kappa shape index (κ1) is 27.3. The Balaban J connectivity index is 1.68. The van der Waals surface area contributed by atoms with E-state index in [1.165, 1.54) is 16.7 Å². The Morgan fingerprint density at radius 1 is 1.21 bits per heavy atom. The molecule has 0 bridgehead atoms. The predicted molar refractivity (Wildman–Crippen MR) is 146 cm³/mol. The summed E-state index contributed by atoms with van der Waals surface area (Å²) in [6.45, 7) is 10.7. The second-order valence-corrected chi connectivity index (χ2v) is 15.4. The third kappa shape index (κ3) is 6.38. The monoisotopic (exact) mass is 533 g/mol. The maximum Gasteiger partial charge on any atom is 0.296 e. The highest BCUT2D eigenvalue weighted by Gasteiger charge is 2.35. The van der Waals surface area contributed by atoms with Crippen LogP contribution in [0.3, 0.4) is 0 Å². The average Bonchev–Trinajstić information content (AvgIpc) is 2.86. The van der Waals surface area contributed by atoms with Crippen LogP contribution in [-0.2, 0) is 30.0 Å². The number of nitrogens with zero attached hydrogens (tertiary/aromatic N) is 2. The van der Waals surface area contributed by atoms with E-state index in [1.54, 1.807) is 19.9 Å². The second-order valence-electron chi connectivity index (χ2n) is 10.7. The van der Waals surface area contributed by atoms with Crippen molar-refractivity contribution in [2.24, 2.45) is 0 Å². The van der Waals surface area contributed by atoms with Crippen LogP contribution in [-0.4, -0.2) is 30.1 Å². The first-order chi connectivity index (χ1) is 17.9. The number of carbonyl (C=O) groups is 1. The largest absolute Gasteiger partial charge is 0.481 e. The predicted octanol–water partition coefficient (Wildman–Crippen LogP) is 4.39. The maximum absolute atomic E-state index is 14.0. The van der Waals surface area contributed by atoms with Gasteiger partial charge in [-0.2, -0.15) is 0 Å². The van der Waals surface area contributed by atoms with Crippen LogP contribution in [0.4, 0.5) is 4.39 Å². The Morgan fingerprint density at radius 3 is 2.66 bits per heavy atom. The van der Waals surface area contributed by atoms with Crippen LogP contribution in [0.1, 0.15) is 46.9 Å². The molecule has 0 saturated carbocycles. The highest BCUT2D eigenvalue weighted by Crippen LogP contribution is 2.28. The molecule has 1 aliphatic rings. The van der Waals surface area contributed by atoms with Crippen molar-refractivity contribution in [3.05, 3.63) is 92.9 Å². The SMILES string of the molecule is CC1(C)OCCn2c1nc(C(=O)NCc1ccc(F)cc1C#C[Si](C)(C)C)c(OCc1ccccc1)c2=O. The van der Waals surface area contributed by atoms with Gasteiger partial charge in [-0.1, -0.05) is 62.0 Å². The number of hydrogen-bond acceptors (Lipinski definition) is 5. The Hall–Kier alpha value is -3.74. The van der Waals surface area contributed by atoms with E-state index < -0.39 is 31.0 Å². The molecule has 2 heterocycles. The van der Waals surface area contributed by atoms with Crippen molar-refractivity contribution >= 4 is 14.0 Å². The molecule has 0 radical (unpaired) electrons. The van der Waals surface area contributed by atoms with E-state index in [4.69, 9.17) is 9.47 Å². The summed E-state index contributed by atoms with van der Waals surface area (Å²) in [5, 5.41) is 2.82. The first-order valence-corrected chi connectivity index (χ1v) is 16.0. The van der Waals surface area contributed by atoms with Crippen LogP contribution < -0.4 is 15.6 Å². The van der Waals surface area contributed by atoms with Crippen molar-refractivity contribution < 1.29 is 18.7 Å². The maximum atomic E-state index is 14.0. The van der Waals surface area contributed by atoms with Crippen molar-refractivity contribution in [1.29, 1.82) is 0 Å². The molecular weight excluding hydrogens is 501 g/mol. The summed E-state index contributed by atoms with van der Waals surface area (Å²) in [6, 6.07) is 13.7. The van der Waals surface area contributed by atoms with Crippen LogP contribution >= 0.6 is 0 Å². The van der Waals surface area contributed by atoms with Gasteiger partial charge in [0.1, 0.15) is 31.9 Å². The molecule has 1 aromatic heterocycles. The molecule has 3 aromatic rings. The van der Waals surface area contributed by atoms with E-state index in [-0.39, 0.29) is 24.6 Å². The van der Waals surface area contributed by atoms with Crippen molar-refractivity contribution in [3.63, 3.8) is 0 Å². The molecule has 1 N–H and O–H groups in total. The lowest BCUT2D eigenvalue weighted by molar-refractivity contribution is -0.0567.